The van der Waals surface area contributed by atoms with Crippen LogP contribution in [0.2, 0.25) is 0 Å². The van der Waals surface area contributed by atoms with Crippen LogP contribution in [-0.2, 0) is 0 Å². The predicted octanol–water partition coefficient (Wildman–Crippen LogP) is 0.633. The standard InChI is InChI=1S/C7H16IN3/c1-6(4-10-2)5-11-7(8)3-9/h5-7,10H,3-4,9H2,1-2H3/t6-,7?/m0/s1. The number of alkyl halides is 1. The molecule has 0 aliphatic carbocycles. The number of nitrogens with zero attached hydrogens (tertiary/aromatic N) is 1. The Balaban J connectivity index is 3.54. The van der Waals surface area contributed by atoms with Crippen LogP contribution >= 0.6 is 22.6 Å². The number of hydrogen-bond donors (Lipinski definition) is 2. The summed E-state index contributed by atoms with van der Waals surface area (Å²) in [6, 6.07) is 0. The molecule has 0 saturated carbocycles. The van der Waals surface area contributed by atoms with Crippen molar-refractivity contribution in [3.8, 4) is 0 Å². The molecule has 66 valence electrons. The molecular weight excluding hydrogens is 253 g/mol. The van der Waals surface area contributed by atoms with Crippen LogP contribution in [0.15, 0.2) is 4.99 Å². The molecule has 3 N–H and O–H groups in total. The molecule has 0 saturated heterocycles. The Hall–Kier alpha value is 0.320. The van der Waals surface area contributed by atoms with E-state index in [0.717, 1.165) is 6.54 Å². The molecule has 1 unspecified atom stereocenters. The lowest BCUT2D eigenvalue weighted by Crippen LogP contribution is -2.18. The van der Waals surface area contributed by atoms with Crippen molar-refractivity contribution in [2.75, 3.05) is 20.1 Å². The zero-order valence-electron chi connectivity index (χ0n) is 7.05. The van der Waals surface area contributed by atoms with Gasteiger partial charge in [0.2, 0.25) is 0 Å². The minimum atomic E-state index is 0.229. The smallest absolute Gasteiger partial charge is 0.113 e. The van der Waals surface area contributed by atoms with Crippen molar-refractivity contribution in [1.29, 1.82) is 0 Å². The summed E-state index contributed by atoms with van der Waals surface area (Å²) in [4.78, 5) is 4.26. The van der Waals surface area contributed by atoms with E-state index in [1.165, 1.54) is 0 Å². The SMILES string of the molecule is CNC[C@H](C)C=NC(I)CN. The van der Waals surface area contributed by atoms with Gasteiger partial charge >= 0.3 is 0 Å². The van der Waals surface area contributed by atoms with Gasteiger partial charge in [0, 0.05) is 25.2 Å². The molecule has 0 heterocycles. The number of nitrogens with one attached hydrogen (secondary N) is 1. The fraction of sp³-hybridized carbons (Fsp3) is 0.857. The second-order valence-corrected chi connectivity index (χ2v) is 3.94. The predicted molar refractivity (Wildman–Crippen MR) is 58.4 cm³/mol. The highest BCUT2D eigenvalue weighted by molar-refractivity contribution is 14.1. The maximum absolute atomic E-state index is 5.40. The van der Waals surface area contributed by atoms with Crippen LogP contribution in [-0.4, -0.2) is 30.4 Å². The molecule has 0 rings (SSSR count). The summed E-state index contributed by atoms with van der Waals surface area (Å²) in [7, 11) is 1.94. The largest absolute Gasteiger partial charge is 0.328 e. The van der Waals surface area contributed by atoms with E-state index in [4.69, 9.17) is 5.73 Å². The molecule has 0 radical (unpaired) electrons. The molecule has 0 fully saturated rings. The molecule has 0 spiro atoms. The van der Waals surface area contributed by atoms with Gasteiger partial charge in [-0.1, -0.05) is 29.5 Å². The Morgan fingerprint density at radius 2 is 2.36 bits per heavy atom. The third-order valence-corrected chi connectivity index (χ3v) is 2.05. The average Bonchev–Trinajstić information content (AvgIpc) is 2.01. The van der Waals surface area contributed by atoms with Gasteiger partial charge in [0.25, 0.3) is 0 Å². The van der Waals surface area contributed by atoms with Crippen molar-refractivity contribution >= 4 is 28.8 Å². The highest BCUT2D eigenvalue weighted by Gasteiger charge is 1.97. The summed E-state index contributed by atoms with van der Waals surface area (Å²) < 4.78 is 0.229. The number of rotatable bonds is 5. The first-order valence-corrected chi connectivity index (χ1v) is 4.97. The molecule has 3 nitrogen and oxygen atoms in total. The van der Waals surface area contributed by atoms with Crippen molar-refractivity contribution in [3.63, 3.8) is 0 Å². The second kappa shape index (κ2) is 7.00. The highest BCUT2D eigenvalue weighted by Crippen LogP contribution is 1.99. The first kappa shape index (κ1) is 11.3. The number of nitrogens with two attached hydrogens (primary N) is 1. The summed E-state index contributed by atoms with van der Waals surface area (Å²) in [5, 5.41) is 3.08. The molecule has 0 aromatic rings. The van der Waals surface area contributed by atoms with Gasteiger partial charge in [-0.25, -0.2) is 0 Å². The fourth-order valence-electron chi connectivity index (χ4n) is 0.676. The third-order valence-electron chi connectivity index (χ3n) is 1.22. The van der Waals surface area contributed by atoms with Gasteiger partial charge < -0.3 is 11.1 Å². The first-order valence-electron chi connectivity index (χ1n) is 3.72. The normalized spacial score (nSPS) is 17.1. The zero-order valence-corrected chi connectivity index (χ0v) is 9.21. The summed E-state index contributed by atoms with van der Waals surface area (Å²) in [5.41, 5.74) is 5.40. The molecular formula is C7H16IN3. The second-order valence-electron chi connectivity index (χ2n) is 2.50. The van der Waals surface area contributed by atoms with E-state index in [9.17, 15) is 0 Å². The van der Waals surface area contributed by atoms with E-state index in [1.807, 2.05) is 13.3 Å². The molecule has 0 aromatic carbocycles. The number of halogens is 1. The van der Waals surface area contributed by atoms with Gasteiger partial charge in [-0.3, -0.25) is 4.99 Å². The fourth-order valence-corrected chi connectivity index (χ4v) is 0.862. The van der Waals surface area contributed by atoms with Crippen LogP contribution in [0.4, 0.5) is 0 Å². The maximum Gasteiger partial charge on any atom is 0.113 e. The Morgan fingerprint density at radius 1 is 1.73 bits per heavy atom. The van der Waals surface area contributed by atoms with E-state index in [-0.39, 0.29) is 4.05 Å². The lowest BCUT2D eigenvalue weighted by Gasteiger charge is -2.04. The Bertz CT molecular complexity index is 116. The third kappa shape index (κ3) is 6.71. The molecule has 0 bridgehead atoms. The van der Waals surface area contributed by atoms with Crippen LogP contribution < -0.4 is 11.1 Å². The monoisotopic (exact) mass is 269 g/mol. The zero-order chi connectivity index (χ0) is 8.69. The highest BCUT2D eigenvalue weighted by atomic mass is 127. The minimum Gasteiger partial charge on any atom is -0.328 e. The summed E-state index contributed by atoms with van der Waals surface area (Å²) >= 11 is 2.22. The molecule has 4 heteroatoms. The lowest BCUT2D eigenvalue weighted by molar-refractivity contribution is 0.687. The van der Waals surface area contributed by atoms with E-state index in [0.29, 0.717) is 12.5 Å². The quantitative estimate of drug-likeness (QED) is 0.333. The van der Waals surface area contributed by atoms with Crippen LogP contribution in [0.3, 0.4) is 0 Å². The summed E-state index contributed by atoms with van der Waals surface area (Å²) in [6.07, 6.45) is 1.96. The van der Waals surface area contributed by atoms with Crippen molar-refractivity contribution in [1.82, 2.24) is 5.32 Å². The Kier molecular flexibility index (Phi) is 7.20. The summed E-state index contributed by atoms with van der Waals surface area (Å²) in [6.45, 7) is 3.71. The number of aliphatic imine (C=N–C) groups is 1. The van der Waals surface area contributed by atoms with Crippen LogP contribution in [0, 0.1) is 5.92 Å². The van der Waals surface area contributed by atoms with Gasteiger partial charge in [0.05, 0.1) is 0 Å². The van der Waals surface area contributed by atoms with Gasteiger partial charge in [-0.15, -0.1) is 0 Å². The lowest BCUT2D eigenvalue weighted by atomic mass is 10.2. The van der Waals surface area contributed by atoms with Crippen LogP contribution in [0.5, 0.6) is 0 Å². The maximum atomic E-state index is 5.40. The topological polar surface area (TPSA) is 50.4 Å². The molecule has 0 aliphatic rings. The van der Waals surface area contributed by atoms with Crippen molar-refractivity contribution in [2.24, 2.45) is 16.6 Å². The molecule has 0 aromatic heterocycles. The average molecular weight is 269 g/mol. The van der Waals surface area contributed by atoms with Crippen molar-refractivity contribution in [3.05, 3.63) is 0 Å². The van der Waals surface area contributed by atoms with Gasteiger partial charge in [0.15, 0.2) is 0 Å². The van der Waals surface area contributed by atoms with E-state index in [1.54, 1.807) is 0 Å². The van der Waals surface area contributed by atoms with Gasteiger partial charge in [0.1, 0.15) is 4.05 Å². The number of hydrogen-bond acceptors (Lipinski definition) is 3. The van der Waals surface area contributed by atoms with Gasteiger partial charge in [-0.2, -0.15) is 0 Å². The molecule has 0 aliphatic heterocycles. The molecule has 0 amide bonds. The van der Waals surface area contributed by atoms with Crippen molar-refractivity contribution in [2.45, 2.75) is 11.0 Å². The van der Waals surface area contributed by atoms with Crippen molar-refractivity contribution < 1.29 is 0 Å². The molecule has 2 atom stereocenters. The summed E-state index contributed by atoms with van der Waals surface area (Å²) in [5.74, 6) is 0.490. The van der Waals surface area contributed by atoms with Gasteiger partial charge in [-0.05, 0) is 7.05 Å². The van der Waals surface area contributed by atoms with Crippen LogP contribution in [0.1, 0.15) is 6.92 Å². The van der Waals surface area contributed by atoms with E-state index in [2.05, 4.69) is 39.8 Å². The van der Waals surface area contributed by atoms with E-state index < -0.39 is 0 Å². The first-order chi connectivity index (χ1) is 5.20. The molecule has 11 heavy (non-hydrogen) atoms. The minimum absolute atomic E-state index is 0.229. The van der Waals surface area contributed by atoms with E-state index >= 15 is 0 Å². The van der Waals surface area contributed by atoms with Crippen LogP contribution in [0.25, 0.3) is 0 Å². The Morgan fingerprint density at radius 3 is 2.82 bits per heavy atom. The Labute approximate surface area is 82.0 Å².